The molecule has 262 valence electrons. The second-order valence-corrected chi connectivity index (χ2v) is 12.8. The number of nitrogens with two attached hydrogens (primary N) is 1. The average molecular weight is 694 g/mol. The number of carbonyl (C=O) groups excluding carboxylic acids is 3. The van der Waals surface area contributed by atoms with Gasteiger partial charge in [-0.05, 0) is 26.8 Å². The van der Waals surface area contributed by atoms with E-state index < -0.39 is 107 Å². The van der Waals surface area contributed by atoms with Crippen LogP contribution in [0.3, 0.4) is 0 Å². The first-order valence-corrected chi connectivity index (χ1v) is 15.5. The van der Waals surface area contributed by atoms with Gasteiger partial charge in [-0.15, -0.1) is 12.4 Å². The van der Waals surface area contributed by atoms with Gasteiger partial charge in [0.1, 0.15) is 35.1 Å². The van der Waals surface area contributed by atoms with Gasteiger partial charge in [-0.25, -0.2) is 0 Å². The lowest BCUT2D eigenvalue weighted by Crippen LogP contribution is -2.56. The van der Waals surface area contributed by atoms with Gasteiger partial charge in [0.2, 0.25) is 5.78 Å². The Hall–Kier alpha value is -3.18. The molecule has 15 heteroatoms. The fourth-order valence-corrected chi connectivity index (χ4v) is 7.15. The van der Waals surface area contributed by atoms with Crippen LogP contribution in [0, 0.1) is 0 Å². The number of ketones is 3. The molecule has 2 aromatic carbocycles. The van der Waals surface area contributed by atoms with Crippen molar-refractivity contribution in [1.29, 1.82) is 0 Å². The van der Waals surface area contributed by atoms with Crippen LogP contribution in [0.2, 0.25) is 0 Å². The number of phenols is 2. The number of benzene rings is 2. The minimum atomic E-state index is -2.05. The van der Waals surface area contributed by atoms with Crippen LogP contribution in [0.1, 0.15) is 89.1 Å². The van der Waals surface area contributed by atoms with E-state index >= 15 is 0 Å². The number of methoxy groups -OCH3 is 1. The summed E-state index contributed by atoms with van der Waals surface area (Å²) in [6.45, 7) is 4.48. The van der Waals surface area contributed by atoms with Crippen LogP contribution in [-0.2, 0) is 30.2 Å². The standard InChI is InChI=1S/C33H39NO13.ClH/c1-12-27(37)18(36)9-22(44-12)47-32-13(2)45-21(8-17(32)34)46-20-11-33(42,14(3)35)10-16-24(20)31(41)26-25(29(16)39)28(38)15-6-5-7-19(43-4)23(15)30(26)40;/h5-7,12-13,17-18,20-22,27,32,36-37,39,41-42H,8-11,34H2,1-4H3;1H. The van der Waals surface area contributed by atoms with Gasteiger partial charge in [-0.2, -0.15) is 0 Å². The second-order valence-electron chi connectivity index (χ2n) is 12.8. The molecule has 0 spiro atoms. The van der Waals surface area contributed by atoms with Gasteiger partial charge in [0.05, 0.1) is 48.2 Å². The van der Waals surface area contributed by atoms with Crippen molar-refractivity contribution in [3.63, 3.8) is 0 Å². The van der Waals surface area contributed by atoms with E-state index in [9.17, 15) is 39.9 Å². The van der Waals surface area contributed by atoms with Crippen LogP contribution in [0.25, 0.3) is 0 Å². The Labute approximate surface area is 282 Å². The maximum absolute atomic E-state index is 13.8. The van der Waals surface area contributed by atoms with Gasteiger partial charge < -0.3 is 55.0 Å². The summed E-state index contributed by atoms with van der Waals surface area (Å²) < 4.78 is 29.4. The van der Waals surface area contributed by atoms with Gasteiger partial charge in [0, 0.05) is 48.4 Å². The smallest absolute Gasteiger partial charge is 0.202 e. The van der Waals surface area contributed by atoms with E-state index in [0.717, 1.165) is 0 Å². The van der Waals surface area contributed by atoms with Gasteiger partial charge in [-0.1, -0.05) is 12.1 Å². The lowest BCUT2D eigenvalue weighted by molar-refractivity contribution is -0.302. The van der Waals surface area contributed by atoms with Crippen molar-refractivity contribution in [1.82, 2.24) is 0 Å². The highest BCUT2D eigenvalue weighted by Crippen LogP contribution is 2.52. The molecule has 0 radical (unpaired) electrons. The Kier molecular flexibility index (Phi) is 9.98. The molecule has 2 aromatic rings. The first kappa shape index (κ1) is 36.1. The number of Topliss-reactive ketones (excluding diaryl/α,β-unsaturated/α-hetero) is 1. The van der Waals surface area contributed by atoms with E-state index in [0.29, 0.717) is 0 Å². The Morgan fingerprint density at radius 2 is 1.60 bits per heavy atom. The predicted molar refractivity (Wildman–Crippen MR) is 167 cm³/mol. The number of halogens is 1. The Bertz CT molecular complexity index is 1610. The molecule has 0 amide bonds. The first-order valence-electron chi connectivity index (χ1n) is 15.5. The average Bonchev–Trinajstić information content (AvgIpc) is 3.01. The molecule has 6 rings (SSSR count). The van der Waals surface area contributed by atoms with Crippen molar-refractivity contribution in [2.24, 2.45) is 5.73 Å². The molecule has 2 saturated heterocycles. The maximum atomic E-state index is 13.8. The summed E-state index contributed by atoms with van der Waals surface area (Å²) in [5.74, 6) is -3.30. The van der Waals surface area contributed by atoms with Crippen molar-refractivity contribution < 1.29 is 63.6 Å². The predicted octanol–water partition coefficient (Wildman–Crippen LogP) is 1.33. The largest absolute Gasteiger partial charge is 0.507 e. The first-order chi connectivity index (χ1) is 22.2. The van der Waals surface area contributed by atoms with E-state index in [-0.39, 0.29) is 59.7 Å². The molecule has 2 heterocycles. The lowest BCUT2D eigenvalue weighted by Gasteiger charge is -2.44. The third kappa shape index (κ3) is 5.88. The van der Waals surface area contributed by atoms with Crippen molar-refractivity contribution in [3.8, 4) is 17.2 Å². The molecule has 10 unspecified atom stereocenters. The van der Waals surface area contributed by atoms with Crippen LogP contribution >= 0.6 is 12.4 Å². The number of phenolic OH excluding ortho intramolecular Hbond substituents is 2. The zero-order chi connectivity index (χ0) is 34.1. The van der Waals surface area contributed by atoms with Crippen LogP contribution in [0.15, 0.2) is 18.2 Å². The molecule has 7 N–H and O–H groups in total. The van der Waals surface area contributed by atoms with Gasteiger partial charge in [-0.3, -0.25) is 14.4 Å². The van der Waals surface area contributed by atoms with Gasteiger partial charge in [0.15, 0.2) is 24.1 Å². The summed E-state index contributed by atoms with van der Waals surface area (Å²) in [6.07, 6.45) is -8.10. The third-order valence-electron chi connectivity index (χ3n) is 9.75. The molecule has 10 atom stereocenters. The number of aliphatic hydroxyl groups is 3. The summed E-state index contributed by atoms with van der Waals surface area (Å²) >= 11 is 0. The molecule has 4 aliphatic rings. The Balaban J connectivity index is 0.00000451. The van der Waals surface area contributed by atoms with E-state index in [1.54, 1.807) is 13.8 Å². The minimum absolute atomic E-state index is 0. The van der Waals surface area contributed by atoms with Gasteiger partial charge >= 0.3 is 0 Å². The van der Waals surface area contributed by atoms with Crippen molar-refractivity contribution >= 4 is 29.8 Å². The minimum Gasteiger partial charge on any atom is -0.507 e. The number of fused-ring (bicyclic) bond motifs is 3. The third-order valence-corrected chi connectivity index (χ3v) is 9.75. The maximum Gasteiger partial charge on any atom is 0.202 e. The number of hydrogen-bond acceptors (Lipinski definition) is 14. The number of rotatable bonds is 6. The summed E-state index contributed by atoms with van der Waals surface area (Å²) in [5.41, 5.74) is 3.27. The van der Waals surface area contributed by atoms with E-state index in [2.05, 4.69) is 0 Å². The molecule has 2 aliphatic heterocycles. The van der Waals surface area contributed by atoms with E-state index in [4.69, 9.17) is 29.4 Å². The molecule has 0 aromatic heterocycles. The molecule has 14 nitrogen and oxygen atoms in total. The highest BCUT2D eigenvalue weighted by molar-refractivity contribution is 6.31. The number of carbonyl (C=O) groups is 3. The van der Waals surface area contributed by atoms with Crippen LogP contribution in [0.4, 0.5) is 0 Å². The number of aliphatic hydroxyl groups excluding tert-OH is 2. The Morgan fingerprint density at radius 3 is 2.23 bits per heavy atom. The summed E-state index contributed by atoms with van der Waals surface area (Å²) in [6, 6.07) is 3.74. The second kappa shape index (κ2) is 13.3. The summed E-state index contributed by atoms with van der Waals surface area (Å²) in [4.78, 5) is 40.2. The molecule has 0 saturated carbocycles. The normalized spacial score (nSPS) is 34.4. The molecule has 2 aliphatic carbocycles. The quantitative estimate of drug-likeness (QED) is 0.201. The number of ether oxygens (including phenoxy) is 5. The molecular weight excluding hydrogens is 654 g/mol. The van der Waals surface area contributed by atoms with E-state index in [1.165, 1.54) is 32.2 Å². The van der Waals surface area contributed by atoms with Crippen molar-refractivity contribution in [2.45, 2.75) is 107 Å². The SMILES string of the molecule is COc1cccc2c1C(=O)c1c(O)c3c(c(O)c1C2=O)CC(O)(C(C)=O)CC3OC1CC(N)C(OC2CC(O)C(O)C(C)O2)C(C)O1.Cl. The molecular formula is C33H40ClNO13. The number of aromatic hydroxyl groups is 2. The highest BCUT2D eigenvalue weighted by Gasteiger charge is 2.50. The molecule has 2 fully saturated rings. The zero-order valence-corrected chi connectivity index (χ0v) is 27.6. The van der Waals surface area contributed by atoms with E-state index in [1.807, 2.05) is 0 Å². The van der Waals surface area contributed by atoms with Crippen LogP contribution in [-0.4, -0.2) is 105 Å². The fourth-order valence-electron chi connectivity index (χ4n) is 7.15. The molecule has 48 heavy (non-hydrogen) atoms. The van der Waals surface area contributed by atoms with Crippen LogP contribution in [0.5, 0.6) is 17.2 Å². The van der Waals surface area contributed by atoms with Crippen molar-refractivity contribution in [2.75, 3.05) is 7.11 Å². The van der Waals surface area contributed by atoms with Crippen LogP contribution < -0.4 is 10.5 Å². The molecule has 0 bridgehead atoms. The number of hydrogen-bond donors (Lipinski definition) is 6. The summed E-state index contributed by atoms with van der Waals surface area (Å²) in [7, 11) is 1.33. The summed E-state index contributed by atoms with van der Waals surface area (Å²) in [5, 5.41) is 54.8. The monoisotopic (exact) mass is 693 g/mol. The fraction of sp³-hybridized carbons (Fsp3) is 0.545. The zero-order valence-electron chi connectivity index (χ0n) is 26.7. The highest BCUT2D eigenvalue weighted by atomic mass is 35.5. The topological polar surface area (TPSA) is 225 Å². The Morgan fingerprint density at radius 1 is 0.958 bits per heavy atom. The van der Waals surface area contributed by atoms with Crippen molar-refractivity contribution in [3.05, 3.63) is 51.6 Å². The van der Waals surface area contributed by atoms with Gasteiger partial charge in [0.25, 0.3) is 0 Å². The lowest BCUT2D eigenvalue weighted by atomic mass is 9.72.